The molecule has 2 aliphatic rings. The fourth-order valence-corrected chi connectivity index (χ4v) is 6.08. The van der Waals surface area contributed by atoms with Crippen molar-refractivity contribution >= 4 is 23.4 Å². The summed E-state index contributed by atoms with van der Waals surface area (Å²) in [7, 11) is 1.72. The number of ether oxygens (including phenoxy) is 1. The van der Waals surface area contributed by atoms with Crippen molar-refractivity contribution in [1.29, 1.82) is 5.26 Å². The van der Waals surface area contributed by atoms with Gasteiger partial charge >= 0.3 is 5.97 Å². The molecule has 1 saturated carbocycles. The molecule has 1 saturated heterocycles. The van der Waals surface area contributed by atoms with Gasteiger partial charge < -0.3 is 4.74 Å². The predicted octanol–water partition coefficient (Wildman–Crippen LogP) is 5.56. The number of cyclic esters (lactones) is 1. The molecule has 0 bridgehead atoms. The Morgan fingerprint density at radius 3 is 2.56 bits per heavy atom. The minimum absolute atomic E-state index is 0.108. The molecule has 6 nitrogen and oxygen atoms in total. The molecule has 192 valence electrons. The van der Waals surface area contributed by atoms with Gasteiger partial charge in [0.1, 0.15) is 22.5 Å². The van der Waals surface area contributed by atoms with E-state index in [-0.39, 0.29) is 24.5 Å². The van der Waals surface area contributed by atoms with Crippen LogP contribution in [0, 0.1) is 35.9 Å². The third kappa shape index (κ3) is 4.93. The van der Waals surface area contributed by atoms with Gasteiger partial charge in [-0.25, -0.2) is 4.39 Å². The summed E-state index contributed by atoms with van der Waals surface area (Å²) in [6.07, 6.45) is 5.15. The van der Waals surface area contributed by atoms with Crippen molar-refractivity contribution < 1.29 is 18.7 Å². The molecule has 8 heteroatoms. The molecule has 2 unspecified atom stereocenters. The zero-order valence-electron chi connectivity index (χ0n) is 21.4. The number of rotatable bonds is 7. The predicted molar refractivity (Wildman–Crippen MR) is 134 cm³/mol. The first-order valence-corrected chi connectivity index (χ1v) is 13.0. The Bertz CT molecular complexity index is 1210. The highest BCUT2D eigenvalue weighted by Gasteiger charge is 2.51. The average molecular weight is 514 g/mol. The molecule has 4 rings (SSSR count). The molecule has 1 aromatic heterocycles. The number of nitriles is 1. The number of halogens is 2. The van der Waals surface area contributed by atoms with E-state index in [1.807, 2.05) is 13.0 Å². The van der Waals surface area contributed by atoms with Gasteiger partial charge in [-0.2, -0.15) is 10.4 Å². The second-order valence-corrected chi connectivity index (χ2v) is 11.3. The zero-order chi connectivity index (χ0) is 26.3. The average Bonchev–Trinajstić information content (AvgIpc) is 3.44. The van der Waals surface area contributed by atoms with Gasteiger partial charge in [-0.3, -0.25) is 14.3 Å². The summed E-state index contributed by atoms with van der Waals surface area (Å²) in [5, 5.41) is 14.1. The Kier molecular flexibility index (Phi) is 7.30. The highest BCUT2D eigenvalue weighted by molar-refractivity contribution is 6.30. The normalized spacial score (nSPS) is 23.1. The maximum atomic E-state index is 14.8. The number of hydrogen-bond acceptors (Lipinski definition) is 5. The van der Waals surface area contributed by atoms with Crippen molar-refractivity contribution in [3.05, 3.63) is 51.6 Å². The highest BCUT2D eigenvalue weighted by atomic mass is 35.5. The number of carbonyl (C=O) groups is 2. The van der Waals surface area contributed by atoms with Crippen LogP contribution in [0.4, 0.5) is 4.39 Å². The van der Waals surface area contributed by atoms with Crippen LogP contribution in [0.5, 0.6) is 0 Å². The largest absolute Gasteiger partial charge is 0.458 e. The molecular formula is C28H33ClFN3O3. The van der Waals surface area contributed by atoms with Gasteiger partial charge in [0, 0.05) is 24.6 Å². The molecule has 2 heterocycles. The standard InChI is InChI=1S/C28H33ClFN3O3/c1-17-20(25(29)33(4)32-17)14-21-24(34)15-28(36-26(21)35,19-7-5-6-8-19)12-11-18-9-10-22(23(30)13-18)27(2,3)16-31/h9-10,13,19,21H,5-8,11-12,14-15H2,1-4H3. The third-order valence-electron chi connectivity index (χ3n) is 8.05. The zero-order valence-corrected chi connectivity index (χ0v) is 22.1. The van der Waals surface area contributed by atoms with Crippen LogP contribution in [0.15, 0.2) is 18.2 Å². The van der Waals surface area contributed by atoms with Crippen molar-refractivity contribution in [2.75, 3.05) is 0 Å². The van der Waals surface area contributed by atoms with Gasteiger partial charge in [0.25, 0.3) is 0 Å². The highest BCUT2D eigenvalue weighted by Crippen LogP contribution is 2.45. The van der Waals surface area contributed by atoms with E-state index in [1.165, 1.54) is 10.7 Å². The van der Waals surface area contributed by atoms with Crippen molar-refractivity contribution in [2.45, 2.75) is 83.2 Å². The lowest BCUT2D eigenvalue weighted by Gasteiger charge is -2.43. The van der Waals surface area contributed by atoms with Crippen LogP contribution in [0.3, 0.4) is 0 Å². The lowest BCUT2D eigenvalue weighted by molar-refractivity contribution is -0.185. The second-order valence-electron chi connectivity index (χ2n) is 10.9. The molecule has 0 amide bonds. The molecule has 1 aliphatic carbocycles. The molecule has 36 heavy (non-hydrogen) atoms. The molecule has 0 spiro atoms. The molecule has 1 aliphatic heterocycles. The number of Topliss-reactive ketones (excluding diaryl/α,β-unsaturated/α-hetero) is 1. The van der Waals surface area contributed by atoms with Crippen molar-refractivity contribution in [3.8, 4) is 6.07 Å². The van der Waals surface area contributed by atoms with Crippen LogP contribution in [0.2, 0.25) is 5.15 Å². The second kappa shape index (κ2) is 9.97. The summed E-state index contributed by atoms with van der Waals surface area (Å²) in [6.45, 7) is 5.18. The van der Waals surface area contributed by atoms with E-state index in [2.05, 4.69) is 11.2 Å². The first-order valence-electron chi connectivity index (χ1n) is 12.6. The minimum Gasteiger partial charge on any atom is -0.458 e. The fourth-order valence-electron chi connectivity index (χ4n) is 5.82. The first kappa shape index (κ1) is 26.3. The smallest absolute Gasteiger partial charge is 0.317 e. The van der Waals surface area contributed by atoms with Crippen molar-refractivity contribution in [1.82, 2.24) is 9.78 Å². The summed E-state index contributed by atoms with van der Waals surface area (Å²) >= 11 is 6.36. The summed E-state index contributed by atoms with van der Waals surface area (Å²) < 4.78 is 22.6. The minimum atomic E-state index is -0.927. The quantitative estimate of drug-likeness (QED) is 0.357. The molecule has 1 aromatic carbocycles. The van der Waals surface area contributed by atoms with E-state index in [4.69, 9.17) is 16.3 Å². The topological polar surface area (TPSA) is 85.0 Å². The van der Waals surface area contributed by atoms with E-state index in [1.54, 1.807) is 27.0 Å². The lowest BCUT2D eigenvalue weighted by Crippen LogP contribution is -2.52. The maximum absolute atomic E-state index is 14.8. The van der Waals surface area contributed by atoms with E-state index in [0.29, 0.717) is 34.8 Å². The van der Waals surface area contributed by atoms with Gasteiger partial charge in [-0.15, -0.1) is 0 Å². The monoisotopic (exact) mass is 513 g/mol. The van der Waals surface area contributed by atoms with Crippen molar-refractivity contribution in [2.24, 2.45) is 18.9 Å². The van der Waals surface area contributed by atoms with Crippen LogP contribution in [-0.4, -0.2) is 27.1 Å². The van der Waals surface area contributed by atoms with Gasteiger partial charge in [-0.1, -0.05) is 36.6 Å². The number of aryl methyl sites for hydroxylation is 3. The van der Waals surface area contributed by atoms with Gasteiger partial charge in [-0.05, 0) is 70.4 Å². The number of benzene rings is 1. The van der Waals surface area contributed by atoms with E-state index >= 15 is 0 Å². The Hall–Kier alpha value is -2.72. The molecular weight excluding hydrogens is 481 g/mol. The van der Waals surface area contributed by atoms with Crippen LogP contribution >= 0.6 is 11.6 Å². The van der Waals surface area contributed by atoms with E-state index in [9.17, 15) is 19.2 Å². The third-order valence-corrected chi connectivity index (χ3v) is 8.52. The van der Waals surface area contributed by atoms with E-state index in [0.717, 1.165) is 31.2 Å². The Labute approximate surface area is 216 Å². The molecule has 2 aromatic rings. The SMILES string of the molecule is Cc1nn(C)c(Cl)c1CC1C(=O)CC(CCc2ccc(C(C)(C)C#N)c(F)c2)(C2CCCC2)OC1=O. The summed E-state index contributed by atoms with van der Waals surface area (Å²) in [4.78, 5) is 26.7. The number of nitrogens with zero attached hydrogens (tertiary/aromatic N) is 3. The maximum Gasteiger partial charge on any atom is 0.317 e. The van der Waals surface area contributed by atoms with Gasteiger partial charge in [0.2, 0.25) is 0 Å². The van der Waals surface area contributed by atoms with Crippen LogP contribution in [0.25, 0.3) is 0 Å². The fraction of sp³-hybridized carbons (Fsp3) is 0.571. The number of ketones is 1. The molecule has 0 radical (unpaired) electrons. The number of esters is 1. The molecule has 2 fully saturated rings. The van der Waals surface area contributed by atoms with Crippen LogP contribution in [0.1, 0.15) is 74.8 Å². The van der Waals surface area contributed by atoms with Crippen LogP contribution in [-0.2, 0) is 39.6 Å². The van der Waals surface area contributed by atoms with Gasteiger partial charge in [0.05, 0.1) is 17.2 Å². The number of carbonyl (C=O) groups excluding carboxylic acids is 2. The Morgan fingerprint density at radius 1 is 1.31 bits per heavy atom. The Morgan fingerprint density at radius 2 is 2.00 bits per heavy atom. The summed E-state index contributed by atoms with van der Waals surface area (Å²) in [5.74, 6) is -1.85. The van der Waals surface area contributed by atoms with Gasteiger partial charge in [0.15, 0.2) is 5.78 Å². The Balaban J connectivity index is 1.55. The number of hydrogen-bond donors (Lipinski definition) is 0. The van der Waals surface area contributed by atoms with Crippen LogP contribution < -0.4 is 0 Å². The van der Waals surface area contributed by atoms with E-state index < -0.39 is 28.7 Å². The molecule has 2 atom stereocenters. The number of aromatic nitrogens is 2. The summed E-state index contributed by atoms with van der Waals surface area (Å²) in [5.41, 5.74) is 0.690. The lowest BCUT2D eigenvalue weighted by atomic mass is 9.73. The first-order chi connectivity index (χ1) is 17.0. The summed E-state index contributed by atoms with van der Waals surface area (Å²) in [6, 6.07) is 7.07. The van der Waals surface area contributed by atoms with Crippen molar-refractivity contribution in [3.63, 3.8) is 0 Å². The molecule has 0 N–H and O–H groups in total.